The Morgan fingerprint density at radius 1 is 0.947 bits per heavy atom. The topological polar surface area (TPSA) is 172 Å². The van der Waals surface area contributed by atoms with Gasteiger partial charge in [0.2, 0.25) is 0 Å². The second-order valence-corrected chi connectivity index (χ2v) is 18.3. The molecule has 0 radical (unpaired) electrons. The number of aliphatic hydroxyl groups excluding tert-OH is 2. The zero-order valence-electron chi connectivity index (χ0n) is 37.1. The molecule has 3 N–H and O–H groups in total. The quantitative estimate of drug-likeness (QED) is 0.177. The van der Waals surface area contributed by atoms with Crippen LogP contribution in [-0.2, 0) is 47.5 Å². The maximum atomic E-state index is 14.3. The molecule has 14 heteroatoms. The monoisotopic (exact) mass is 814 g/mol. The minimum Gasteiger partial charge on any atom is -0.489 e. The number of aliphatic hydroxyl groups is 3. The highest BCUT2D eigenvalue weighted by atomic mass is 16.7. The summed E-state index contributed by atoms with van der Waals surface area (Å²) in [5, 5.41) is 34.7. The normalized spacial score (nSPS) is 44.8. The molecule has 2 bridgehead atoms. The van der Waals surface area contributed by atoms with E-state index < -0.39 is 95.8 Å². The van der Waals surface area contributed by atoms with E-state index in [2.05, 4.69) is 6.92 Å². The largest absolute Gasteiger partial charge is 0.489 e. The lowest BCUT2D eigenvalue weighted by Gasteiger charge is -2.49. The summed E-state index contributed by atoms with van der Waals surface area (Å²) in [6.07, 6.45) is -4.62. The van der Waals surface area contributed by atoms with Crippen LogP contribution in [0, 0.1) is 17.8 Å². The first kappa shape index (κ1) is 47.8. The molecule has 0 unspecified atom stereocenters. The van der Waals surface area contributed by atoms with Gasteiger partial charge in [0.1, 0.15) is 35.3 Å². The van der Waals surface area contributed by atoms with E-state index in [1.54, 1.807) is 34.6 Å². The third-order valence-corrected chi connectivity index (χ3v) is 13.2. The molecule has 0 aliphatic carbocycles. The van der Waals surface area contributed by atoms with Crippen LogP contribution in [0.5, 0.6) is 0 Å². The van der Waals surface area contributed by atoms with Gasteiger partial charge in [-0.15, -0.1) is 0 Å². The second-order valence-electron chi connectivity index (χ2n) is 18.3. The molecule has 330 valence electrons. The summed E-state index contributed by atoms with van der Waals surface area (Å²) >= 11 is 0. The van der Waals surface area contributed by atoms with E-state index in [1.165, 1.54) is 14.0 Å². The van der Waals surface area contributed by atoms with E-state index in [4.69, 9.17) is 37.9 Å². The molecule has 4 aliphatic rings. The highest BCUT2D eigenvalue weighted by Crippen LogP contribution is 2.47. The Balaban J connectivity index is 1.86. The maximum Gasteiger partial charge on any atom is 0.311 e. The number of cyclic esters (lactones) is 1. The second kappa shape index (κ2) is 19.2. The van der Waals surface area contributed by atoms with Gasteiger partial charge in [-0.25, -0.2) is 0 Å². The minimum absolute atomic E-state index is 0.157. The van der Waals surface area contributed by atoms with Crippen molar-refractivity contribution in [2.75, 3.05) is 21.2 Å². The van der Waals surface area contributed by atoms with Gasteiger partial charge in [0.25, 0.3) is 0 Å². The third kappa shape index (κ3) is 10.4. The van der Waals surface area contributed by atoms with Gasteiger partial charge in [-0.1, -0.05) is 40.5 Å². The van der Waals surface area contributed by atoms with Crippen molar-refractivity contribution in [3.8, 4) is 0 Å². The standard InChI is InChI=1S/C43H75NO13/c1-15-17-18-19-31(45)54-35-29(44(12)13)20-24(4)51-40(35)56-38-26(6)34(55-32-22-41(9,50-14)37(47)28(8)52-32)27(7)39(48)53-30(16-2)43(11,49)36(46)25(5)33-23(3)21-42(38,10)57-33/h24-30,32,34-38,40,46-47,49H,15-22H2,1-14H3/t24-,25+,26+,27-,28+,29+,30-,32+,34+,35-,36-,37+,38-,40+,41-,42-,43-/m1/s1. The summed E-state index contributed by atoms with van der Waals surface area (Å²) in [4.78, 5) is 29.7. The Morgan fingerprint density at radius 3 is 2.21 bits per heavy atom. The summed E-state index contributed by atoms with van der Waals surface area (Å²) < 4.78 is 51.9. The maximum absolute atomic E-state index is 14.3. The molecule has 17 atom stereocenters. The number of rotatable bonds is 12. The van der Waals surface area contributed by atoms with E-state index in [-0.39, 0.29) is 37.4 Å². The average Bonchev–Trinajstić information content (AvgIpc) is 3.46. The van der Waals surface area contributed by atoms with Crippen molar-refractivity contribution in [1.29, 1.82) is 0 Å². The van der Waals surface area contributed by atoms with Crippen molar-refractivity contribution in [3.63, 3.8) is 0 Å². The van der Waals surface area contributed by atoms with Crippen molar-refractivity contribution in [1.82, 2.24) is 4.90 Å². The van der Waals surface area contributed by atoms with Gasteiger partial charge in [-0.2, -0.15) is 0 Å². The summed E-state index contributed by atoms with van der Waals surface area (Å²) in [5.74, 6) is -2.76. The molecule has 4 aliphatic heterocycles. The first-order chi connectivity index (χ1) is 26.5. The molecule has 3 saturated heterocycles. The number of likely N-dealkylation sites (N-methyl/N-ethyl adjacent to an activating group) is 1. The van der Waals surface area contributed by atoms with Crippen molar-refractivity contribution < 1.29 is 62.8 Å². The molecule has 0 aromatic carbocycles. The van der Waals surface area contributed by atoms with Gasteiger partial charge in [-0.3, -0.25) is 9.59 Å². The molecule has 57 heavy (non-hydrogen) atoms. The van der Waals surface area contributed by atoms with Crippen LogP contribution in [0.3, 0.4) is 0 Å². The lowest BCUT2D eigenvalue weighted by atomic mass is 9.78. The van der Waals surface area contributed by atoms with Crippen LogP contribution in [0.4, 0.5) is 0 Å². The van der Waals surface area contributed by atoms with Gasteiger partial charge in [-0.05, 0) is 87.4 Å². The van der Waals surface area contributed by atoms with Crippen molar-refractivity contribution in [2.24, 2.45) is 17.8 Å². The number of esters is 2. The predicted molar refractivity (Wildman–Crippen MR) is 212 cm³/mol. The van der Waals surface area contributed by atoms with E-state index in [0.717, 1.165) is 18.4 Å². The number of ether oxygens (including phenoxy) is 8. The first-order valence-corrected chi connectivity index (χ1v) is 21.3. The van der Waals surface area contributed by atoms with Gasteiger partial charge in [0.05, 0.1) is 42.0 Å². The van der Waals surface area contributed by atoms with Crippen LogP contribution in [0.2, 0.25) is 0 Å². The number of carbonyl (C=O) groups excluding carboxylic acids is 2. The molecular weight excluding hydrogens is 738 g/mol. The van der Waals surface area contributed by atoms with Gasteiger partial charge in [0, 0.05) is 38.2 Å². The molecule has 3 fully saturated rings. The lowest BCUT2D eigenvalue weighted by molar-refractivity contribution is -0.317. The predicted octanol–water partition coefficient (Wildman–Crippen LogP) is 5.02. The highest BCUT2D eigenvalue weighted by Gasteiger charge is 2.56. The smallest absolute Gasteiger partial charge is 0.311 e. The van der Waals surface area contributed by atoms with Crippen LogP contribution in [0.15, 0.2) is 11.3 Å². The highest BCUT2D eigenvalue weighted by molar-refractivity contribution is 5.73. The fraction of sp³-hybridized carbons (Fsp3) is 0.907. The molecule has 0 saturated carbocycles. The zero-order chi connectivity index (χ0) is 42.8. The van der Waals surface area contributed by atoms with Crippen molar-refractivity contribution in [3.05, 3.63) is 11.3 Å². The Bertz CT molecular complexity index is 1390. The molecular formula is C43H75NO13. The van der Waals surface area contributed by atoms with Crippen LogP contribution >= 0.6 is 0 Å². The SMILES string of the molecule is CCCCCC(=O)O[C@H]1[C@H](O[C@@H]2[C@@H](C)[C@H](O[C@H]3C[C@@](C)(OC)[C@@H](O)[C@H](C)O3)[C@@H](C)C(=O)O[C@H](CC)[C@@](C)(O)[C@H](O)[C@@H](C)C3=C(C)C[C@@]2(C)O3)O[C@H](C)C[C@@H]1N(C)C. The summed E-state index contributed by atoms with van der Waals surface area (Å²) in [6.45, 7) is 20.1. The minimum atomic E-state index is -1.84. The first-order valence-electron chi connectivity index (χ1n) is 21.3. The zero-order valence-corrected chi connectivity index (χ0v) is 37.1. The molecule has 14 nitrogen and oxygen atoms in total. The Kier molecular flexibility index (Phi) is 16.1. The Hall–Kier alpha value is -1.88. The molecule has 4 rings (SSSR count). The van der Waals surface area contributed by atoms with Crippen LogP contribution < -0.4 is 0 Å². The van der Waals surface area contributed by atoms with Crippen molar-refractivity contribution >= 4 is 11.9 Å². The molecule has 0 aromatic heterocycles. The number of carbonyl (C=O) groups is 2. The lowest BCUT2D eigenvalue weighted by Crippen LogP contribution is -2.61. The Morgan fingerprint density at radius 2 is 1.61 bits per heavy atom. The summed E-state index contributed by atoms with van der Waals surface area (Å²) in [5.41, 5.74) is -3.10. The number of methoxy groups -OCH3 is 1. The molecule has 0 spiro atoms. The molecule has 0 aromatic rings. The molecule has 4 heterocycles. The van der Waals surface area contributed by atoms with Gasteiger partial charge >= 0.3 is 11.9 Å². The van der Waals surface area contributed by atoms with Crippen LogP contribution in [0.25, 0.3) is 0 Å². The molecule has 0 amide bonds. The van der Waals surface area contributed by atoms with Gasteiger partial charge < -0.3 is 58.1 Å². The van der Waals surface area contributed by atoms with Crippen molar-refractivity contribution in [2.45, 2.75) is 212 Å². The average molecular weight is 814 g/mol. The van der Waals surface area contributed by atoms with E-state index in [9.17, 15) is 24.9 Å². The van der Waals surface area contributed by atoms with Gasteiger partial charge in [0.15, 0.2) is 18.7 Å². The van der Waals surface area contributed by atoms with E-state index in [1.807, 2.05) is 46.7 Å². The number of nitrogens with zero attached hydrogens (tertiary/aromatic N) is 1. The fourth-order valence-electron chi connectivity index (χ4n) is 9.57. The van der Waals surface area contributed by atoms with Crippen LogP contribution in [-0.4, -0.2) is 138 Å². The number of hydrogen-bond donors (Lipinski definition) is 3. The van der Waals surface area contributed by atoms with Crippen LogP contribution in [0.1, 0.15) is 128 Å². The van der Waals surface area contributed by atoms with E-state index >= 15 is 0 Å². The Labute approximate surface area is 341 Å². The van der Waals surface area contributed by atoms with E-state index in [0.29, 0.717) is 25.0 Å². The number of unbranched alkanes of at least 4 members (excludes halogenated alkanes) is 2. The summed E-state index contributed by atoms with van der Waals surface area (Å²) in [6, 6.07) is -0.230. The number of fused-ring (bicyclic) bond motifs is 2. The fourth-order valence-corrected chi connectivity index (χ4v) is 9.57. The summed E-state index contributed by atoms with van der Waals surface area (Å²) in [7, 11) is 5.41. The number of hydrogen-bond acceptors (Lipinski definition) is 14. The third-order valence-electron chi connectivity index (χ3n) is 13.2.